The number of nitrogens with one attached hydrogen (secondary N) is 1. The summed E-state index contributed by atoms with van der Waals surface area (Å²) in [7, 11) is 0. The van der Waals surface area contributed by atoms with Crippen LogP contribution in [0.2, 0.25) is 0 Å². The smallest absolute Gasteiger partial charge is 0.110 e. The lowest BCUT2D eigenvalue weighted by Crippen LogP contribution is -2.17. The summed E-state index contributed by atoms with van der Waals surface area (Å²) in [6, 6.07) is 0.342. The summed E-state index contributed by atoms with van der Waals surface area (Å²) < 4.78 is 0. The van der Waals surface area contributed by atoms with Crippen molar-refractivity contribution < 1.29 is 0 Å². The zero-order chi connectivity index (χ0) is 14.2. The van der Waals surface area contributed by atoms with Gasteiger partial charge in [0.25, 0.3) is 0 Å². The van der Waals surface area contributed by atoms with E-state index in [0.717, 1.165) is 12.5 Å². The van der Waals surface area contributed by atoms with Gasteiger partial charge in [-0.25, -0.2) is 9.97 Å². The molecule has 0 radical (unpaired) electrons. The van der Waals surface area contributed by atoms with Gasteiger partial charge in [-0.2, -0.15) is 0 Å². The number of hydrogen-bond acceptors (Lipinski definition) is 5. The van der Waals surface area contributed by atoms with E-state index in [1.54, 1.807) is 0 Å². The second-order valence-electron chi connectivity index (χ2n) is 6.17. The first-order valence-electron chi connectivity index (χ1n) is 7.96. The third-order valence-corrected chi connectivity index (χ3v) is 7.09. The SMILES string of the molecule is CC(NCc1cnc(C2CCC2)s1)c1nc2c(s1)CCC2. The fraction of sp³-hybridized carbons (Fsp3) is 0.625. The number of aryl methyl sites for hydroxylation is 2. The zero-order valence-corrected chi connectivity index (χ0v) is 14.0. The maximum absolute atomic E-state index is 4.80. The van der Waals surface area contributed by atoms with Crippen molar-refractivity contribution in [3.63, 3.8) is 0 Å². The molecule has 1 N–H and O–H groups in total. The van der Waals surface area contributed by atoms with Crippen LogP contribution in [-0.2, 0) is 19.4 Å². The summed E-state index contributed by atoms with van der Waals surface area (Å²) in [4.78, 5) is 12.3. The van der Waals surface area contributed by atoms with Gasteiger partial charge in [0.05, 0.1) is 16.7 Å². The van der Waals surface area contributed by atoms with Crippen LogP contribution in [0.25, 0.3) is 0 Å². The molecule has 2 aliphatic rings. The second kappa shape index (κ2) is 5.78. The lowest BCUT2D eigenvalue weighted by atomic mass is 9.86. The molecule has 21 heavy (non-hydrogen) atoms. The van der Waals surface area contributed by atoms with Crippen LogP contribution in [-0.4, -0.2) is 9.97 Å². The maximum Gasteiger partial charge on any atom is 0.110 e. The Morgan fingerprint density at radius 3 is 2.95 bits per heavy atom. The van der Waals surface area contributed by atoms with Gasteiger partial charge < -0.3 is 5.32 Å². The Morgan fingerprint density at radius 1 is 1.29 bits per heavy atom. The van der Waals surface area contributed by atoms with Crippen molar-refractivity contribution in [3.05, 3.63) is 31.7 Å². The first-order valence-corrected chi connectivity index (χ1v) is 9.59. The van der Waals surface area contributed by atoms with E-state index in [9.17, 15) is 0 Å². The molecule has 1 saturated carbocycles. The van der Waals surface area contributed by atoms with E-state index in [1.165, 1.54) is 64.0 Å². The molecule has 2 heterocycles. The van der Waals surface area contributed by atoms with E-state index in [1.807, 2.05) is 22.7 Å². The first-order chi connectivity index (χ1) is 10.3. The molecule has 1 atom stereocenters. The molecule has 0 saturated heterocycles. The summed E-state index contributed by atoms with van der Waals surface area (Å²) in [5.41, 5.74) is 1.36. The normalized spacial score (nSPS) is 19.5. The van der Waals surface area contributed by atoms with Crippen LogP contribution < -0.4 is 5.32 Å². The summed E-state index contributed by atoms with van der Waals surface area (Å²) in [6.07, 6.45) is 9.81. The molecule has 0 amide bonds. The monoisotopic (exact) mass is 319 g/mol. The average molecular weight is 319 g/mol. The van der Waals surface area contributed by atoms with Crippen molar-refractivity contribution in [2.45, 2.75) is 64.0 Å². The van der Waals surface area contributed by atoms with Crippen LogP contribution in [0.3, 0.4) is 0 Å². The Balaban J connectivity index is 1.35. The van der Waals surface area contributed by atoms with Gasteiger partial charge in [-0.1, -0.05) is 6.42 Å². The molecule has 1 unspecified atom stereocenters. The Labute approximate surface area is 133 Å². The highest BCUT2D eigenvalue weighted by Gasteiger charge is 2.23. The number of aromatic nitrogens is 2. The van der Waals surface area contributed by atoms with E-state index in [0.29, 0.717) is 6.04 Å². The molecule has 0 aliphatic heterocycles. The van der Waals surface area contributed by atoms with E-state index >= 15 is 0 Å². The minimum Gasteiger partial charge on any atom is -0.303 e. The van der Waals surface area contributed by atoms with Crippen molar-refractivity contribution in [1.82, 2.24) is 15.3 Å². The Bertz CT molecular complexity index is 606. The van der Waals surface area contributed by atoms with Crippen molar-refractivity contribution in [2.75, 3.05) is 0 Å². The zero-order valence-electron chi connectivity index (χ0n) is 12.4. The summed E-state index contributed by atoms with van der Waals surface area (Å²) in [5.74, 6) is 0.753. The van der Waals surface area contributed by atoms with Crippen LogP contribution in [0, 0.1) is 0 Å². The van der Waals surface area contributed by atoms with Crippen molar-refractivity contribution in [1.29, 1.82) is 0 Å². The quantitative estimate of drug-likeness (QED) is 0.897. The summed E-state index contributed by atoms with van der Waals surface area (Å²) in [5, 5.41) is 6.21. The highest BCUT2D eigenvalue weighted by atomic mass is 32.1. The van der Waals surface area contributed by atoms with Crippen LogP contribution in [0.1, 0.15) is 70.0 Å². The van der Waals surface area contributed by atoms with E-state index < -0.39 is 0 Å². The van der Waals surface area contributed by atoms with Crippen molar-refractivity contribution in [3.8, 4) is 0 Å². The number of hydrogen-bond donors (Lipinski definition) is 1. The van der Waals surface area contributed by atoms with Gasteiger partial charge in [-0.05, 0) is 39.0 Å². The second-order valence-corrected chi connectivity index (χ2v) is 8.43. The van der Waals surface area contributed by atoms with Gasteiger partial charge in [0.1, 0.15) is 5.01 Å². The number of fused-ring (bicyclic) bond motifs is 1. The third kappa shape index (κ3) is 2.79. The van der Waals surface area contributed by atoms with Crippen LogP contribution >= 0.6 is 22.7 Å². The molecular weight excluding hydrogens is 298 g/mol. The maximum atomic E-state index is 4.80. The molecule has 3 nitrogen and oxygen atoms in total. The Kier molecular flexibility index (Phi) is 3.81. The molecule has 5 heteroatoms. The summed E-state index contributed by atoms with van der Waals surface area (Å²) >= 11 is 3.79. The molecule has 0 spiro atoms. The lowest BCUT2D eigenvalue weighted by molar-refractivity contribution is 0.418. The lowest BCUT2D eigenvalue weighted by Gasteiger charge is -2.22. The fourth-order valence-electron chi connectivity index (χ4n) is 2.98. The van der Waals surface area contributed by atoms with Gasteiger partial charge in [0.2, 0.25) is 0 Å². The van der Waals surface area contributed by atoms with Gasteiger partial charge >= 0.3 is 0 Å². The molecule has 1 fully saturated rings. The molecule has 2 aliphatic carbocycles. The average Bonchev–Trinajstić information content (AvgIpc) is 3.08. The predicted molar refractivity (Wildman–Crippen MR) is 88.1 cm³/mol. The topological polar surface area (TPSA) is 37.8 Å². The van der Waals surface area contributed by atoms with Crippen LogP contribution in [0.15, 0.2) is 6.20 Å². The molecule has 2 aromatic rings. The minimum absolute atomic E-state index is 0.342. The van der Waals surface area contributed by atoms with E-state index in [4.69, 9.17) is 4.98 Å². The fourth-order valence-corrected chi connectivity index (χ4v) is 5.20. The van der Waals surface area contributed by atoms with E-state index in [-0.39, 0.29) is 0 Å². The third-order valence-electron chi connectivity index (χ3n) is 4.59. The standard InChI is InChI=1S/C16H21N3S2/c1-10(15-19-13-6-3-7-14(13)21-15)17-8-12-9-18-16(20-12)11-4-2-5-11/h9-11,17H,2-8H2,1H3. The molecular formula is C16H21N3S2. The minimum atomic E-state index is 0.342. The molecule has 4 rings (SSSR count). The molecule has 2 aromatic heterocycles. The number of thiazole rings is 2. The Morgan fingerprint density at radius 2 is 2.19 bits per heavy atom. The number of rotatable bonds is 5. The summed E-state index contributed by atoms with van der Waals surface area (Å²) in [6.45, 7) is 3.14. The largest absolute Gasteiger partial charge is 0.303 e. The highest BCUT2D eigenvalue weighted by Crippen LogP contribution is 2.38. The number of nitrogens with zero attached hydrogens (tertiary/aromatic N) is 2. The Hall–Kier alpha value is -0.780. The van der Waals surface area contributed by atoms with Gasteiger partial charge in [0, 0.05) is 28.4 Å². The van der Waals surface area contributed by atoms with Gasteiger partial charge in [0.15, 0.2) is 0 Å². The molecule has 0 bridgehead atoms. The van der Waals surface area contributed by atoms with Crippen molar-refractivity contribution in [2.24, 2.45) is 0 Å². The highest BCUT2D eigenvalue weighted by molar-refractivity contribution is 7.12. The van der Waals surface area contributed by atoms with Crippen LogP contribution in [0.5, 0.6) is 0 Å². The van der Waals surface area contributed by atoms with E-state index in [2.05, 4.69) is 23.4 Å². The van der Waals surface area contributed by atoms with Crippen LogP contribution in [0.4, 0.5) is 0 Å². The van der Waals surface area contributed by atoms with Gasteiger partial charge in [-0.15, -0.1) is 22.7 Å². The van der Waals surface area contributed by atoms with Gasteiger partial charge in [-0.3, -0.25) is 0 Å². The molecule has 0 aromatic carbocycles. The molecule has 112 valence electrons. The van der Waals surface area contributed by atoms with Crippen molar-refractivity contribution >= 4 is 22.7 Å². The predicted octanol–water partition coefficient (Wildman–Crippen LogP) is 4.21. The first kappa shape index (κ1) is 13.9.